The maximum atomic E-state index is 9.23. The number of anilines is 1. The molecule has 5 heteroatoms. The van der Waals surface area contributed by atoms with Crippen molar-refractivity contribution in [2.75, 3.05) is 18.0 Å². The van der Waals surface area contributed by atoms with Crippen LogP contribution in [0.2, 0.25) is 5.15 Å². The second-order valence-electron chi connectivity index (χ2n) is 3.96. The summed E-state index contributed by atoms with van der Waals surface area (Å²) < 4.78 is 0. The van der Waals surface area contributed by atoms with Gasteiger partial charge in [0.15, 0.2) is 0 Å². The van der Waals surface area contributed by atoms with Crippen LogP contribution in [-0.4, -0.2) is 28.2 Å². The lowest BCUT2D eigenvalue weighted by Crippen LogP contribution is -2.22. The van der Waals surface area contributed by atoms with Gasteiger partial charge in [-0.05, 0) is 12.3 Å². The van der Waals surface area contributed by atoms with Gasteiger partial charge in [-0.3, -0.25) is 0 Å². The summed E-state index contributed by atoms with van der Waals surface area (Å²) in [6.45, 7) is 4.04. The fourth-order valence-corrected chi connectivity index (χ4v) is 2.11. The van der Waals surface area contributed by atoms with Crippen LogP contribution in [0.5, 0.6) is 0 Å². The number of hydrogen-bond acceptors (Lipinski definition) is 4. The summed E-state index contributed by atoms with van der Waals surface area (Å²) >= 11 is 5.91. The van der Waals surface area contributed by atoms with E-state index in [4.69, 9.17) is 11.6 Å². The van der Waals surface area contributed by atoms with Crippen molar-refractivity contribution in [2.24, 2.45) is 5.92 Å². The second kappa shape index (κ2) is 4.33. The van der Waals surface area contributed by atoms with Crippen molar-refractivity contribution < 1.29 is 5.11 Å². The summed E-state index contributed by atoms with van der Waals surface area (Å²) in [6.07, 6.45) is 2.60. The maximum Gasteiger partial charge on any atom is 0.140 e. The first kappa shape index (κ1) is 10.6. The van der Waals surface area contributed by atoms with Gasteiger partial charge >= 0.3 is 0 Å². The first-order chi connectivity index (χ1) is 7.22. The summed E-state index contributed by atoms with van der Waals surface area (Å²) in [6, 6.07) is 0. The first-order valence-corrected chi connectivity index (χ1v) is 5.45. The van der Waals surface area contributed by atoms with Gasteiger partial charge in [0, 0.05) is 13.1 Å². The number of halogens is 1. The summed E-state index contributed by atoms with van der Waals surface area (Å²) in [7, 11) is 0. The Hall–Kier alpha value is -0.870. The number of aliphatic hydroxyl groups excluding tert-OH is 1. The molecule has 82 valence electrons. The van der Waals surface area contributed by atoms with Crippen LogP contribution in [0.3, 0.4) is 0 Å². The van der Waals surface area contributed by atoms with E-state index in [0.717, 1.165) is 25.3 Å². The lowest BCUT2D eigenvalue weighted by Gasteiger charge is -2.19. The van der Waals surface area contributed by atoms with E-state index in [0.29, 0.717) is 16.6 Å². The summed E-state index contributed by atoms with van der Waals surface area (Å²) in [4.78, 5) is 10.2. The molecule has 2 rings (SSSR count). The third-order valence-electron chi connectivity index (χ3n) is 2.75. The SMILES string of the molecule is CC1CCN(c2ncnc(Cl)c2CO)C1. The van der Waals surface area contributed by atoms with Gasteiger partial charge in [-0.2, -0.15) is 0 Å². The maximum absolute atomic E-state index is 9.23. The lowest BCUT2D eigenvalue weighted by atomic mass is 10.2. The smallest absolute Gasteiger partial charge is 0.140 e. The van der Waals surface area contributed by atoms with Crippen LogP contribution in [0.15, 0.2) is 6.33 Å². The fraction of sp³-hybridized carbons (Fsp3) is 0.600. The van der Waals surface area contributed by atoms with Crippen molar-refractivity contribution in [3.63, 3.8) is 0 Å². The molecule has 0 bridgehead atoms. The van der Waals surface area contributed by atoms with Crippen molar-refractivity contribution in [1.29, 1.82) is 0 Å². The van der Waals surface area contributed by atoms with Crippen LogP contribution in [0.25, 0.3) is 0 Å². The molecule has 1 aromatic heterocycles. The highest BCUT2D eigenvalue weighted by atomic mass is 35.5. The van der Waals surface area contributed by atoms with Crippen LogP contribution in [0.1, 0.15) is 18.9 Å². The minimum Gasteiger partial charge on any atom is -0.391 e. The molecule has 1 aliphatic rings. The van der Waals surface area contributed by atoms with Gasteiger partial charge in [-0.15, -0.1) is 0 Å². The Bertz CT molecular complexity index is 359. The van der Waals surface area contributed by atoms with Crippen LogP contribution in [0, 0.1) is 5.92 Å². The molecule has 1 fully saturated rings. The van der Waals surface area contributed by atoms with Crippen molar-refractivity contribution in [2.45, 2.75) is 20.0 Å². The van der Waals surface area contributed by atoms with Gasteiger partial charge in [0.2, 0.25) is 0 Å². The largest absolute Gasteiger partial charge is 0.391 e. The predicted molar refractivity (Wildman–Crippen MR) is 59.0 cm³/mol. The van der Waals surface area contributed by atoms with Gasteiger partial charge in [0.1, 0.15) is 17.3 Å². The van der Waals surface area contributed by atoms with Crippen LogP contribution >= 0.6 is 11.6 Å². The van der Waals surface area contributed by atoms with Crippen molar-refractivity contribution in [3.8, 4) is 0 Å². The van der Waals surface area contributed by atoms with Gasteiger partial charge in [-0.1, -0.05) is 18.5 Å². The molecule has 1 N–H and O–H groups in total. The number of rotatable bonds is 2. The highest BCUT2D eigenvalue weighted by Gasteiger charge is 2.23. The topological polar surface area (TPSA) is 49.2 Å². The van der Waals surface area contributed by atoms with Crippen molar-refractivity contribution >= 4 is 17.4 Å². The average molecular weight is 228 g/mol. The fourth-order valence-electron chi connectivity index (χ4n) is 1.92. The highest BCUT2D eigenvalue weighted by molar-refractivity contribution is 6.30. The molecule has 0 aromatic carbocycles. The third kappa shape index (κ3) is 2.06. The molecule has 2 heterocycles. The van der Waals surface area contributed by atoms with E-state index >= 15 is 0 Å². The standard InChI is InChI=1S/C10H14ClN3O/c1-7-2-3-14(4-7)10-8(5-15)9(11)12-6-13-10/h6-7,15H,2-5H2,1H3. The van der Waals surface area contributed by atoms with Gasteiger partial charge in [-0.25, -0.2) is 9.97 Å². The molecule has 0 spiro atoms. The minimum atomic E-state index is -0.111. The molecule has 0 radical (unpaired) electrons. The van der Waals surface area contributed by atoms with E-state index in [1.165, 1.54) is 6.33 Å². The molecular weight excluding hydrogens is 214 g/mol. The molecule has 1 aromatic rings. The first-order valence-electron chi connectivity index (χ1n) is 5.07. The zero-order chi connectivity index (χ0) is 10.8. The van der Waals surface area contributed by atoms with E-state index in [9.17, 15) is 5.11 Å². The molecule has 1 unspecified atom stereocenters. The molecule has 0 amide bonds. The molecule has 1 atom stereocenters. The van der Waals surface area contributed by atoms with E-state index in [1.807, 2.05) is 0 Å². The zero-order valence-corrected chi connectivity index (χ0v) is 9.41. The third-order valence-corrected chi connectivity index (χ3v) is 3.08. The Kier molecular flexibility index (Phi) is 3.07. The zero-order valence-electron chi connectivity index (χ0n) is 8.65. The monoisotopic (exact) mass is 227 g/mol. The van der Waals surface area contributed by atoms with Crippen LogP contribution in [0.4, 0.5) is 5.82 Å². The summed E-state index contributed by atoms with van der Waals surface area (Å²) in [5.41, 5.74) is 0.633. The van der Waals surface area contributed by atoms with Gasteiger partial charge in [0.25, 0.3) is 0 Å². The summed E-state index contributed by atoms with van der Waals surface area (Å²) in [5.74, 6) is 1.45. The number of aromatic nitrogens is 2. The van der Waals surface area contributed by atoms with Crippen LogP contribution < -0.4 is 4.90 Å². The Morgan fingerprint density at radius 2 is 2.40 bits per heavy atom. The molecule has 1 saturated heterocycles. The van der Waals surface area contributed by atoms with Crippen LogP contribution in [-0.2, 0) is 6.61 Å². The molecule has 0 aliphatic carbocycles. The molecule has 0 saturated carbocycles. The molecule has 1 aliphatic heterocycles. The van der Waals surface area contributed by atoms with Crippen molar-refractivity contribution in [3.05, 3.63) is 17.0 Å². The Morgan fingerprint density at radius 3 is 3.00 bits per heavy atom. The lowest BCUT2D eigenvalue weighted by molar-refractivity contribution is 0.281. The van der Waals surface area contributed by atoms with E-state index in [1.54, 1.807) is 0 Å². The predicted octanol–water partition coefficient (Wildman–Crippen LogP) is 1.47. The average Bonchev–Trinajstić information content (AvgIpc) is 2.64. The Labute approximate surface area is 93.9 Å². The Morgan fingerprint density at radius 1 is 1.60 bits per heavy atom. The number of hydrogen-bond donors (Lipinski definition) is 1. The molecule has 15 heavy (non-hydrogen) atoms. The Balaban J connectivity index is 2.31. The highest BCUT2D eigenvalue weighted by Crippen LogP contribution is 2.27. The van der Waals surface area contributed by atoms with E-state index in [2.05, 4.69) is 21.8 Å². The normalized spacial score (nSPS) is 21.0. The van der Waals surface area contributed by atoms with Crippen molar-refractivity contribution in [1.82, 2.24) is 9.97 Å². The van der Waals surface area contributed by atoms with Gasteiger partial charge in [0.05, 0.1) is 12.2 Å². The summed E-state index contributed by atoms with van der Waals surface area (Å²) in [5, 5.41) is 9.58. The quantitative estimate of drug-likeness (QED) is 0.778. The van der Waals surface area contributed by atoms with Gasteiger partial charge < -0.3 is 10.0 Å². The van der Waals surface area contributed by atoms with E-state index < -0.39 is 0 Å². The minimum absolute atomic E-state index is 0.111. The molecular formula is C10H14ClN3O. The van der Waals surface area contributed by atoms with E-state index in [-0.39, 0.29) is 6.61 Å². The molecule has 4 nitrogen and oxygen atoms in total. The number of aliphatic hydroxyl groups is 1. The number of nitrogens with zero attached hydrogens (tertiary/aromatic N) is 3. The second-order valence-corrected chi connectivity index (χ2v) is 4.32.